The van der Waals surface area contributed by atoms with Gasteiger partial charge in [-0.25, -0.2) is 9.97 Å². The maximum atomic E-state index is 5.82. The van der Waals surface area contributed by atoms with E-state index in [1.807, 2.05) is 0 Å². The van der Waals surface area contributed by atoms with Crippen LogP contribution in [0.4, 0.5) is 0 Å². The Kier molecular flexibility index (Phi) is 4.81. The second-order valence-corrected chi connectivity index (χ2v) is 4.61. The molecule has 0 amide bonds. The zero-order valence-corrected chi connectivity index (χ0v) is 10.2. The van der Waals surface area contributed by atoms with Gasteiger partial charge in [0.15, 0.2) is 10.3 Å². The first-order valence-corrected chi connectivity index (χ1v) is 5.98. The monoisotopic (exact) mass is 264 g/mol. The molecule has 0 spiro atoms. The first-order valence-electron chi connectivity index (χ1n) is 3.47. The number of thioether (sulfide) groups is 2. The van der Waals surface area contributed by atoms with E-state index >= 15 is 0 Å². The molecule has 1 heterocycles. The molecule has 0 atom stereocenters. The predicted octanol–water partition coefficient (Wildman–Crippen LogP) is 4.25. The van der Waals surface area contributed by atoms with Gasteiger partial charge in [0.1, 0.15) is 10.1 Å². The van der Waals surface area contributed by atoms with Crippen LogP contribution in [0.25, 0.3) is 0 Å². The molecule has 0 aliphatic heterocycles. The third-order valence-corrected chi connectivity index (χ3v) is 3.24. The van der Waals surface area contributed by atoms with Gasteiger partial charge >= 0.3 is 0 Å². The van der Waals surface area contributed by atoms with E-state index in [1.54, 1.807) is 10.8 Å². The smallest absolute Gasteiger partial charge is 0.163 e. The third kappa shape index (κ3) is 2.92. The first-order chi connectivity index (χ1) is 6.69. The Morgan fingerprint density at radius 1 is 0.929 bits per heavy atom. The molecule has 0 aliphatic carbocycles. The van der Waals surface area contributed by atoms with Crippen molar-refractivity contribution in [2.24, 2.45) is 0 Å². The molecule has 14 heavy (non-hydrogen) atoms. The van der Waals surface area contributed by atoms with Crippen LogP contribution < -0.4 is 0 Å². The van der Waals surface area contributed by atoms with E-state index in [0.717, 1.165) is 0 Å². The van der Waals surface area contributed by atoms with Crippen LogP contribution in [0, 0.1) is 0 Å². The number of aromatic nitrogens is 2. The summed E-state index contributed by atoms with van der Waals surface area (Å²) in [5.74, 6) is 0. The van der Waals surface area contributed by atoms with E-state index in [2.05, 4.69) is 23.1 Å². The summed E-state index contributed by atoms with van der Waals surface area (Å²) in [6, 6.07) is 0. The van der Waals surface area contributed by atoms with Gasteiger partial charge in [0.25, 0.3) is 0 Å². The topological polar surface area (TPSA) is 25.8 Å². The van der Waals surface area contributed by atoms with Crippen molar-refractivity contribution >= 4 is 46.7 Å². The summed E-state index contributed by atoms with van der Waals surface area (Å²) >= 11 is 14.2. The van der Waals surface area contributed by atoms with Crippen molar-refractivity contribution < 1.29 is 0 Å². The Bertz CT molecular complexity index is 337. The number of hydrogen-bond donors (Lipinski definition) is 0. The van der Waals surface area contributed by atoms with Gasteiger partial charge < -0.3 is 0 Å². The van der Waals surface area contributed by atoms with Crippen molar-refractivity contribution in [2.75, 3.05) is 0 Å². The van der Waals surface area contributed by atoms with Gasteiger partial charge in [0.05, 0.1) is 0 Å². The molecule has 0 fully saturated rings. The molecule has 0 aliphatic rings. The maximum Gasteiger partial charge on any atom is 0.163 e. The standard InChI is InChI=1S/C8H6Cl2N2S2/c1-3-13-7-5(9)11-6(10)8(12-7)14-4-2/h3-4H,1-2H2. The normalized spacial score (nSPS) is 9.86. The number of nitrogens with zero attached hydrogens (tertiary/aromatic N) is 2. The molecule has 1 rings (SSSR count). The van der Waals surface area contributed by atoms with Crippen LogP contribution in [0.2, 0.25) is 10.3 Å². The average molecular weight is 265 g/mol. The van der Waals surface area contributed by atoms with Gasteiger partial charge in [-0.3, -0.25) is 0 Å². The minimum Gasteiger partial charge on any atom is -0.228 e. The Morgan fingerprint density at radius 3 is 1.71 bits per heavy atom. The van der Waals surface area contributed by atoms with Crippen molar-refractivity contribution in [2.45, 2.75) is 10.1 Å². The van der Waals surface area contributed by atoms with Gasteiger partial charge in [0.2, 0.25) is 0 Å². The molecule has 2 nitrogen and oxygen atoms in total. The van der Waals surface area contributed by atoms with Crippen LogP contribution in [0.5, 0.6) is 0 Å². The maximum absolute atomic E-state index is 5.82. The lowest BCUT2D eigenvalue weighted by Crippen LogP contribution is -1.89. The highest BCUT2D eigenvalue weighted by Crippen LogP contribution is 2.31. The Hall–Kier alpha value is -0.160. The fourth-order valence-electron chi connectivity index (χ4n) is 0.674. The lowest BCUT2D eigenvalue weighted by molar-refractivity contribution is 0.952. The van der Waals surface area contributed by atoms with Crippen molar-refractivity contribution in [3.63, 3.8) is 0 Å². The summed E-state index contributed by atoms with van der Waals surface area (Å²) in [4.78, 5) is 8.15. The van der Waals surface area contributed by atoms with Crippen molar-refractivity contribution in [3.8, 4) is 0 Å². The van der Waals surface area contributed by atoms with E-state index in [0.29, 0.717) is 10.1 Å². The average Bonchev–Trinajstić information content (AvgIpc) is 2.14. The lowest BCUT2D eigenvalue weighted by Gasteiger charge is -2.03. The van der Waals surface area contributed by atoms with Gasteiger partial charge in [0, 0.05) is 0 Å². The van der Waals surface area contributed by atoms with Gasteiger partial charge in [-0.15, -0.1) is 0 Å². The largest absolute Gasteiger partial charge is 0.228 e. The van der Waals surface area contributed by atoms with Crippen molar-refractivity contribution in [1.82, 2.24) is 9.97 Å². The molecule has 0 aromatic carbocycles. The van der Waals surface area contributed by atoms with E-state index < -0.39 is 0 Å². The van der Waals surface area contributed by atoms with Crippen molar-refractivity contribution in [3.05, 3.63) is 34.3 Å². The number of hydrogen-bond acceptors (Lipinski definition) is 4. The number of rotatable bonds is 4. The SMILES string of the molecule is C=CSc1nc(SC=C)c(Cl)nc1Cl. The molecule has 6 heteroatoms. The highest BCUT2D eigenvalue weighted by Gasteiger charge is 2.09. The molecular weight excluding hydrogens is 259 g/mol. The molecule has 0 unspecified atom stereocenters. The lowest BCUT2D eigenvalue weighted by atomic mass is 10.7. The van der Waals surface area contributed by atoms with Gasteiger partial charge in [-0.1, -0.05) is 59.9 Å². The second kappa shape index (κ2) is 5.66. The fraction of sp³-hybridized carbons (Fsp3) is 0. The zero-order chi connectivity index (χ0) is 10.6. The summed E-state index contributed by atoms with van der Waals surface area (Å²) in [6.07, 6.45) is 0. The minimum absolute atomic E-state index is 0.285. The first kappa shape index (κ1) is 11.9. The van der Waals surface area contributed by atoms with Crippen LogP contribution in [0.15, 0.2) is 34.0 Å². The zero-order valence-electron chi connectivity index (χ0n) is 7.04. The van der Waals surface area contributed by atoms with E-state index in [4.69, 9.17) is 23.2 Å². The summed E-state index contributed by atoms with van der Waals surface area (Å²) in [5, 5.41) is 5.02. The van der Waals surface area contributed by atoms with Crippen LogP contribution in [0.3, 0.4) is 0 Å². The number of halogens is 2. The molecule has 0 N–H and O–H groups in total. The molecule has 0 bridgehead atoms. The van der Waals surface area contributed by atoms with Crippen molar-refractivity contribution in [1.29, 1.82) is 0 Å². The minimum atomic E-state index is 0.285. The van der Waals surface area contributed by atoms with Gasteiger partial charge in [-0.2, -0.15) is 0 Å². The van der Waals surface area contributed by atoms with Crippen LogP contribution >= 0.6 is 46.7 Å². The van der Waals surface area contributed by atoms with E-state index in [9.17, 15) is 0 Å². The van der Waals surface area contributed by atoms with E-state index in [1.165, 1.54) is 23.5 Å². The third-order valence-electron chi connectivity index (χ3n) is 1.14. The van der Waals surface area contributed by atoms with Crippen LogP contribution in [-0.4, -0.2) is 9.97 Å². The Labute approximate surface area is 101 Å². The molecular formula is C8H6Cl2N2S2. The highest BCUT2D eigenvalue weighted by molar-refractivity contribution is 8.02. The molecule has 74 valence electrons. The molecule has 0 radical (unpaired) electrons. The molecule has 1 aromatic rings. The predicted molar refractivity (Wildman–Crippen MR) is 64.2 cm³/mol. The molecule has 1 aromatic heterocycles. The summed E-state index contributed by atoms with van der Waals surface area (Å²) in [5.41, 5.74) is 0. The van der Waals surface area contributed by atoms with E-state index in [-0.39, 0.29) is 10.3 Å². The van der Waals surface area contributed by atoms with Gasteiger partial charge in [-0.05, 0) is 10.8 Å². The summed E-state index contributed by atoms with van der Waals surface area (Å²) in [7, 11) is 0. The second-order valence-electron chi connectivity index (χ2n) is 1.98. The van der Waals surface area contributed by atoms with Crippen LogP contribution in [-0.2, 0) is 0 Å². The molecule has 0 saturated heterocycles. The highest BCUT2D eigenvalue weighted by atomic mass is 35.5. The van der Waals surface area contributed by atoms with Crippen LogP contribution in [0.1, 0.15) is 0 Å². The quantitative estimate of drug-likeness (QED) is 0.760. The molecule has 0 saturated carbocycles. The Morgan fingerprint density at radius 2 is 1.36 bits per heavy atom. The summed E-state index contributed by atoms with van der Waals surface area (Å²) < 4.78 is 0. The summed E-state index contributed by atoms with van der Waals surface area (Å²) in [6.45, 7) is 7.14. The fourth-order valence-corrected chi connectivity index (χ4v) is 2.19. The Balaban J connectivity index is 3.11.